The molecule has 8 heterocycles. The van der Waals surface area contributed by atoms with E-state index in [4.69, 9.17) is 14.2 Å². The third kappa shape index (κ3) is 14.2. The molecule has 0 bridgehead atoms. The van der Waals surface area contributed by atoms with Gasteiger partial charge in [0, 0.05) is 124 Å². The van der Waals surface area contributed by atoms with Crippen LogP contribution in [0.15, 0.2) is 91.1 Å². The summed E-state index contributed by atoms with van der Waals surface area (Å²) < 4.78 is 162. The number of hydrogen-bond donors (Lipinski definition) is 3. The van der Waals surface area contributed by atoms with Crippen molar-refractivity contribution < 1.29 is 58.1 Å². The molecule has 3 aliphatic rings. The Hall–Kier alpha value is -7.62. The van der Waals surface area contributed by atoms with Gasteiger partial charge in [0.05, 0.1) is 43.5 Å². The fourth-order valence-corrected chi connectivity index (χ4v) is 13.4. The van der Waals surface area contributed by atoms with Crippen LogP contribution in [0.1, 0.15) is 152 Å². The molecule has 0 saturated heterocycles. The first-order valence-corrected chi connectivity index (χ1v) is 30.9. The Balaban J connectivity index is 0.000000150. The molecule has 91 heavy (non-hydrogen) atoms. The predicted octanol–water partition coefficient (Wildman–Crippen LogP) is 16.7. The van der Waals surface area contributed by atoms with Gasteiger partial charge in [0.1, 0.15) is 57.7 Å². The Bertz CT molecular complexity index is 3850. The highest BCUT2D eigenvalue weighted by atomic mass is 19.2. The number of ether oxygens (including phenoxy) is 3. The van der Waals surface area contributed by atoms with Crippen LogP contribution in [0.4, 0.5) is 43.9 Å². The van der Waals surface area contributed by atoms with Crippen molar-refractivity contribution in [3.8, 4) is 17.5 Å². The molecule has 0 saturated carbocycles. The van der Waals surface area contributed by atoms with Crippen LogP contribution in [-0.4, -0.2) is 114 Å². The van der Waals surface area contributed by atoms with Gasteiger partial charge in [-0.25, -0.2) is 44.5 Å². The van der Waals surface area contributed by atoms with Gasteiger partial charge in [-0.3, -0.25) is 14.7 Å². The van der Waals surface area contributed by atoms with Crippen LogP contribution in [-0.2, 0) is 19.3 Å². The van der Waals surface area contributed by atoms with Gasteiger partial charge in [-0.1, -0.05) is 6.07 Å². The standard InChI is InChI=1S/C24H26F4N2O.C23H25F4N3O.C23H27F2N3O/c1-5-31-15-10-18(26)21(19(27)11-15)23-22-17(8-13(2)30(23)12-24(3,4)28)16-7-6-14(25)9-20(16)29-22;1-5-31-18-10-16(25)19(22(26)29-18)21-20-15(8-12(2)30(21)11-23(3,4)27)14-7-6-13(24)9-17(14)28-20;1-5-29-20-9-6-15(12-26-20)22-21-18(10-14(2)28(22)13-23(3,4)25)17-8-7-16(24)11-19(17)27-21/h6-7,9-11,13,23,29H,5,8,12H2,1-4H3;6-7,9-10,12,21,28H,5,8,11H2,1-4H3;6-9,11-12,14,22,27H,5,10,13H2,1-4H3. The average molecular weight is 1270 g/mol. The van der Waals surface area contributed by atoms with Crippen LogP contribution >= 0.6 is 0 Å². The number of H-pyrrole nitrogens is 3. The maximum atomic E-state index is 15.3. The Morgan fingerprint density at radius 3 is 1.21 bits per heavy atom. The van der Waals surface area contributed by atoms with Crippen LogP contribution < -0.4 is 14.2 Å². The van der Waals surface area contributed by atoms with E-state index in [0.717, 1.165) is 68.7 Å². The fraction of sp³-hybridized carbons (Fsp3) is 0.429. The highest BCUT2D eigenvalue weighted by Gasteiger charge is 2.44. The zero-order valence-electron chi connectivity index (χ0n) is 53.2. The molecule has 5 aromatic heterocycles. The monoisotopic (exact) mass is 1270 g/mol. The Morgan fingerprint density at radius 2 is 0.835 bits per heavy atom. The summed E-state index contributed by atoms with van der Waals surface area (Å²) in [5.74, 6) is -3.95. The number of rotatable bonds is 15. The smallest absolute Gasteiger partial charge is 0.224 e. The molecule has 486 valence electrons. The van der Waals surface area contributed by atoms with Gasteiger partial charge in [0.2, 0.25) is 17.7 Å². The fourth-order valence-electron chi connectivity index (χ4n) is 13.4. The van der Waals surface area contributed by atoms with Crippen molar-refractivity contribution in [2.24, 2.45) is 0 Å². The second-order valence-corrected chi connectivity index (χ2v) is 25.8. The summed E-state index contributed by atoms with van der Waals surface area (Å²) >= 11 is 0. The van der Waals surface area contributed by atoms with Crippen molar-refractivity contribution in [2.45, 2.75) is 156 Å². The molecular weight excluding hydrogens is 1190 g/mol. The molecule has 9 aromatic rings. The van der Waals surface area contributed by atoms with E-state index in [1.165, 1.54) is 69.7 Å². The zero-order valence-corrected chi connectivity index (χ0v) is 53.2. The number of aromatic nitrogens is 5. The molecule has 0 amide bonds. The molecule has 3 N–H and O–H groups in total. The molecule has 0 fully saturated rings. The van der Waals surface area contributed by atoms with E-state index < -0.39 is 64.1 Å². The molecule has 3 aliphatic heterocycles. The lowest BCUT2D eigenvalue weighted by Crippen LogP contribution is -2.48. The Kier molecular flexibility index (Phi) is 19.1. The van der Waals surface area contributed by atoms with Gasteiger partial charge in [0.25, 0.3) is 0 Å². The SMILES string of the molecule is CCOc1cc(F)c(C2c3[nH]c4cc(F)ccc4c3CC(C)N2CC(C)(C)F)c(F)c1.CCOc1cc(F)c(C2c3[nH]c4cc(F)ccc4c3CC(C)N2CC(C)(C)F)c(F)n1.CCOc1ccc(C2c3[nH]c4cc(F)ccc4c3CC(C)N2CC(C)(C)F)cn1. The zero-order chi connectivity index (χ0) is 65.8. The molecular formula is C70H78F10N8O3. The van der Waals surface area contributed by atoms with Gasteiger partial charge in [-0.15, -0.1) is 0 Å². The maximum Gasteiger partial charge on any atom is 0.224 e. The van der Waals surface area contributed by atoms with Crippen LogP contribution in [0.5, 0.6) is 17.5 Å². The normalized spacial score (nSPS) is 19.8. The van der Waals surface area contributed by atoms with Crippen molar-refractivity contribution in [3.05, 3.63) is 182 Å². The summed E-state index contributed by atoms with van der Waals surface area (Å²) in [6.07, 6.45) is 3.65. The highest BCUT2D eigenvalue weighted by molar-refractivity contribution is 5.87. The topological polar surface area (TPSA) is 111 Å². The number of pyridine rings is 2. The minimum absolute atomic E-state index is 0.0198. The minimum Gasteiger partial charge on any atom is -0.494 e. The van der Waals surface area contributed by atoms with E-state index in [0.29, 0.717) is 47.7 Å². The summed E-state index contributed by atoms with van der Waals surface area (Å²) in [4.78, 5) is 23.6. The van der Waals surface area contributed by atoms with Gasteiger partial charge >= 0.3 is 0 Å². The lowest BCUT2D eigenvalue weighted by atomic mass is 9.87. The minimum atomic E-state index is -1.60. The third-order valence-corrected chi connectivity index (χ3v) is 16.9. The Labute approximate surface area is 523 Å². The first-order chi connectivity index (χ1) is 42.9. The first kappa shape index (κ1) is 66.3. The maximum absolute atomic E-state index is 15.3. The molecule has 6 unspecified atom stereocenters. The number of nitrogens with zero attached hydrogens (tertiary/aromatic N) is 5. The molecule has 6 atom stereocenters. The summed E-state index contributed by atoms with van der Waals surface area (Å²) in [6, 6.07) is 18.5. The number of aromatic amines is 3. The van der Waals surface area contributed by atoms with Gasteiger partial charge in [-0.05, 0) is 179 Å². The van der Waals surface area contributed by atoms with Gasteiger partial charge in [0.15, 0.2) is 0 Å². The van der Waals surface area contributed by atoms with Crippen molar-refractivity contribution in [1.82, 2.24) is 39.6 Å². The number of benzene rings is 4. The molecule has 12 rings (SSSR count). The molecule has 0 aliphatic carbocycles. The van der Waals surface area contributed by atoms with Crippen molar-refractivity contribution in [3.63, 3.8) is 0 Å². The lowest BCUT2D eigenvalue weighted by molar-refractivity contribution is 0.0638. The summed E-state index contributed by atoms with van der Waals surface area (Å²) in [5.41, 5.74) is 2.76. The third-order valence-electron chi connectivity index (χ3n) is 16.9. The summed E-state index contributed by atoms with van der Waals surface area (Å²) in [6.45, 7) is 21.5. The largest absolute Gasteiger partial charge is 0.494 e. The summed E-state index contributed by atoms with van der Waals surface area (Å²) in [7, 11) is 0. The van der Waals surface area contributed by atoms with Crippen molar-refractivity contribution in [2.75, 3.05) is 39.5 Å². The number of alkyl halides is 3. The van der Waals surface area contributed by atoms with Crippen LogP contribution in [0, 0.1) is 40.9 Å². The molecule has 0 spiro atoms. The second-order valence-electron chi connectivity index (χ2n) is 25.8. The van der Waals surface area contributed by atoms with E-state index in [9.17, 15) is 26.3 Å². The van der Waals surface area contributed by atoms with E-state index in [-0.39, 0.29) is 85.6 Å². The van der Waals surface area contributed by atoms with Gasteiger partial charge < -0.3 is 29.2 Å². The Morgan fingerprint density at radius 1 is 0.462 bits per heavy atom. The van der Waals surface area contributed by atoms with Crippen molar-refractivity contribution >= 4 is 32.7 Å². The molecule has 0 radical (unpaired) electrons. The number of halogens is 10. The molecule has 21 heteroatoms. The number of nitrogens with one attached hydrogen (secondary N) is 3. The lowest BCUT2D eigenvalue weighted by Gasteiger charge is -2.43. The van der Waals surface area contributed by atoms with Crippen LogP contribution in [0.25, 0.3) is 32.7 Å². The van der Waals surface area contributed by atoms with Crippen LogP contribution in [0.2, 0.25) is 0 Å². The van der Waals surface area contributed by atoms with E-state index in [2.05, 4.69) is 36.7 Å². The quantitative estimate of drug-likeness (QED) is 0.0688. The van der Waals surface area contributed by atoms with E-state index in [1.807, 2.05) is 39.0 Å². The first-order valence-electron chi connectivity index (χ1n) is 30.9. The van der Waals surface area contributed by atoms with E-state index >= 15 is 17.6 Å². The molecule has 4 aromatic carbocycles. The van der Waals surface area contributed by atoms with Crippen LogP contribution in [0.3, 0.4) is 0 Å². The number of fused-ring (bicyclic) bond motifs is 9. The number of hydrogen-bond acceptors (Lipinski definition) is 8. The summed E-state index contributed by atoms with van der Waals surface area (Å²) in [5, 5.41) is 2.61. The predicted molar refractivity (Wildman–Crippen MR) is 334 cm³/mol. The second kappa shape index (κ2) is 26.2. The van der Waals surface area contributed by atoms with Crippen molar-refractivity contribution in [1.29, 1.82) is 0 Å². The molecule has 11 nitrogen and oxygen atoms in total. The van der Waals surface area contributed by atoms with Gasteiger partial charge in [-0.2, -0.15) is 9.37 Å². The highest BCUT2D eigenvalue weighted by Crippen LogP contribution is 2.47. The average Bonchev–Trinajstić information content (AvgIpc) is 1.68. The van der Waals surface area contributed by atoms with E-state index in [1.54, 1.807) is 55.8 Å².